The number of nitrogens with zero attached hydrogens (tertiary/aromatic N) is 1. The molecule has 0 aromatic heterocycles. The molecule has 4 nitrogen and oxygen atoms in total. The first-order valence-electron chi connectivity index (χ1n) is 7.32. The second-order valence-electron chi connectivity index (χ2n) is 5.35. The average Bonchev–Trinajstić information content (AvgIpc) is 2.52. The molecule has 0 bridgehead atoms. The van der Waals surface area contributed by atoms with Crippen molar-refractivity contribution >= 4 is 21.8 Å². The number of amides is 1. The van der Waals surface area contributed by atoms with Crippen LogP contribution in [0.25, 0.3) is 0 Å². The van der Waals surface area contributed by atoms with Crippen LogP contribution in [0.5, 0.6) is 5.75 Å². The number of benzene rings is 1. The van der Waals surface area contributed by atoms with Crippen molar-refractivity contribution in [3.05, 3.63) is 28.2 Å². The summed E-state index contributed by atoms with van der Waals surface area (Å²) in [4.78, 5) is 14.1. The summed E-state index contributed by atoms with van der Waals surface area (Å²) in [5, 5.41) is 0. The van der Waals surface area contributed by atoms with Crippen LogP contribution in [0.15, 0.2) is 22.7 Å². The molecule has 1 aliphatic rings. The van der Waals surface area contributed by atoms with Gasteiger partial charge in [0.25, 0.3) is 5.91 Å². The highest BCUT2D eigenvalue weighted by atomic mass is 79.9. The molecule has 0 aliphatic carbocycles. The molecule has 116 valence electrons. The van der Waals surface area contributed by atoms with Gasteiger partial charge < -0.3 is 14.4 Å². The number of carbonyl (C=O) groups is 1. The molecule has 1 atom stereocenters. The largest absolute Gasteiger partial charge is 0.496 e. The zero-order chi connectivity index (χ0) is 15.2. The molecule has 1 fully saturated rings. The zero-order valence-electron chi connectivity index (χ0n) is 12.6. The van der Waals surface area contributed by atoms with E-state index in [0.29, 0.717) is 18.2 Å². The molecule has 0 spiro atoms. The van der Waals surface area contributed by atoms with Gasteiger partial charge in [0, 0.05) is 25.8 Å². The fourth-order valence-electron chi connectivity index (χ4n) is 2.49. The van der Waals surface area contributed by atoms with Crippen LogP contribution in [0, 0.1) is 0 Å². The Balaban J connectivity index is 1.90. The van der Waals surface area contributed by atoms with Crippen LogP contribution in [0.1, 0.15) is 36.0 Å². The highest BCUT2D eigenvalue weighted by Gasteiger charge is 2.17. The van der Waals surface area contributed by atoms with Crippen molar-refractivity contribution in [2.45, 2.75) is 31.8 Å². The predicted molar refractivity (Wildman–Crippen MR) is 85.9 cm³/mol. The fraction of sp³-hybridized carbons (Fsp3) is 0.562. The molecular formula is C16H22BrNO3. The molecule has 1 aromatic rings. The highest BCUT2D eigenvalue weighted by molar-refractivity contribution is 9.10. The Morgan fingerprint density at radius 1 is 1.48 bits per heavy atom. The van der Waals surface area contributed by atoms with Crippen LogP contribution in [-0.4, -0.2) is 44.2 Å². The molecular weight excluding hydrogens is 334 g/mol. The number of ether oxygens (including phenoxy) is 2. The third-order valence-electron chi connectivity index (χ3n) is 3.81. The van der Waals surface area contributed by atoms with Gasteiger partial charge in [-0.2, -0.15) is 0 Å². The van der Waals surface area contributed by atoms with Gasteiger partial charge in [-0.1, -0.05) is 0 Å². The Bertz CT molecular complexity index is 486. The van der Waals surface area contributed by atoms with E-state index >= 15 is 0 Å². The van der Waals surface area contributed by atoms with Gasteiger partial charge in [0.2, 0.25) is 0 Å². The zero-order valence-corrected chi connectivity index (χ0v) is 14.2. The summed E-state index contributed by atoms with van der Waals surface area (Å²) < 4.78 is 11.7. The van der Waals surface area contributed by atoms with Crippen LogP contribution in [-0.2, 0) is 4.74 Å². The summed E-state index contributed by atoms with van der Waals surface area (Å²) in [5.41, 5.74) is 0.662. The Morgan fingerprint density at radius 3 is 2.90 bits per heavy atom. The lowest BCUT2D eigenvalue weighted by Crippen LogP contribution is -2.31. The molecule has 1 aromatic carbocycles. The van der Waals surface area contributed by atoms with Crippen molar-refractivity contribution in [1.29, 1.82) is 0 Å². The summed E-state index contributed by atoms with van der Waals surface area (Å²) in [6, 6.07) is 5.39. The van der Waals surface area contributed by atoms with E-state index in [0.717, 1.165) is 36.1 Å². The average molecular weight is 356 g/mol. The number of hydrogen-bond acceptors (Lipinski definition) is 3. The first-order valence-corrected chi connectivity index (χ1v) is 8.11. The topological polar surface area (TPSA) is 38.8 Å². The van der Waals surface area contributed by atoms with Crippen LogP contribution >= 0.6 is 15.9 Å². The number of methoxy groups -OCH3 is 1. The maximum Gasteiger partial charge on any atom is 0.253 e. The SMILES string of the molecule is COc1ccc(C(=O)N(C)CCC2CCCCO2)cc1Br. The second-order valence-corrected chi connectivity index (χ2v) is 6.21. The van der Waals surface area contributed by atoms with Crippen LogP contribution in [0.3, 0.4) is 0 Å². The minimum absolute atomic E-state index is 0.0224. The lowest BCUT2D eigenvalue weighted by molar-refractivity contribution is 0.00709. The van der Waals surface area contributed by atoms with Gasteiger partial charge in [-0.25, -0.2) is 0 Å². The molecule has 1 heterocycles. The van der Waals surface area contributed by atoms with Gasteiger partial charge in [-0.15, -0.1) is 0 Å². The Morgan fingerprint density at radius 2 is 2.29 bits per heavy atom. The normalized spacial score (nSPS) is 18.3. The van der Waals surface area contributed by atoms with Crippen molar-refractivity contribution < 1.29 is 14.3 Å². The highest BCUT2D eigenvalue weighted by Crippen LogP contribution is 2.26. The molecule has 1 aliphatic heterocycles. The van der Waals surface area contributed by atoms with Gasteiger partial charge in [0.15, 0.2) is 0 Å². The first kappa shape index (κ1) is 16.3. The van der Waals surface area contributed by atoms with E-state index in [2.05, 4.69) is 15.9 Å². The summed E-state index contributed by atoms with van der Waals surface area (Å²) in [7, 11) is 3.45. The Hall–Kier alpha value is -1.07. The van der Waals surface area contributed by atoms with Gasteiger partial charge in [-0.05, 0) is 59.8 Å². The third-order valence-corrected chi connectivity index (χ3v) is 4.43. The van der Waals surface area contributed by atoms with Gasteiger partial charge in [-0.3, -0.25) is 4.79 Å². The van der Waals surface area contributed by atoms with Crippen molar-refractivity contribution in [2.75, 3.05) is 27.3 Å². The van der Waals surface area contributed by atoms with Gasteiger partial charge in [0.1, 0.15) is 5.75 Å². The molecule has 21 heavy (non-hydrogen) atoms. The van der Waals surface area contributed by atoms with Gasteiger partial charge >= 0.3 is 0 Å². The lowest BCUT2D eigenvalue weighted by Gasteiger charge is -2.25. The first-order chi connectivity index (χ1) is 10.1. The van der Waals surface area contributed by atoms with E-state index < -0.39 is 0 Å². The molecule has 1 unspecified atom stereocenters. The molecule has 1 saturated heterocycles. The molecule has 1 amide bonds. The van der Waals surface area contributed by atoms with Gasteiger partial charge in [0.05, 0.1) is 17.7 Å². The minimum atomic E-state index is 0.0224. The number of carbonyl (C=O) groups excluding carboxylic acids is 1. The quantitative estimate of drug-likeness (QED) is 0.811. The number of rotatable bonds is 5. The smallest absolute Gasteiger partial charge is 0.253 e. The van der Waals surface area contributed by atoms with Crippen molar-refractivity contribution in [3.63, 3.8) is 0 Å². The van der Waals surface area contributed by atoms with E-state index in [1.54, 1.807) is 30.2 Å². The van der Waals surface area contributed by atoms with E-state index in [1.807, 2.05) is 7.05 Å². The summed E-state index contributed by atoms with van der Waals surface area (Å²) in [6.45, 7) is 1.57. The summed E-state index contributed by atoms with van der Waals surface area (Å²) in [6.07, 6.45) is 4.70. The molecule has 0 radical (unpaired) electrons. The lowest BCUT2D eigenvalue weighted by atomic mass is 10.1. The standard InChI is InChI=1S/C16H22BrNO3/c1-18(9-8-13-5-3-4-10-21-13)16(19)12-6-7-15(20-2)14(17)11-12/h6-7,11,13H,3-5,8-10H2,1-2H3. The van der Waals surface area contributed by atoms with Crippen molar-refractivity contribution in [3.8, 4) is 5.75 Å². The summed E-state index contributed by atoms with van der Waals surface area (Å²) >= 11 is 3.41. The van der Waals surface area contributed by atoms with E-state index in [-0.39, 0.29) is 5.91 Å². The Labute approximate surface area is 134 Å². The summed E-state index contributed by atoms with van der Waals surface area (Å²) in [5.74, 6) is 0.749. The van der Waals surface area contributed by atoms with Crippen LogP contribution in [0.2, 0.25) is 0 Å². The van der Waals surface area contributed by atoms with Crippen LogP contribution < -0.4 is 4.74 Å². The maximum atomic E-state index is 12.4. The number of hydrogen-bond donors (Lipinski definition) is 0. The fourth-order valence-corrected chi connectivity index (χ4v) is 3.03. The van der Waals surface area contributed by atoms with Crippen molar-refractivity contribution in [1.82, 2.24) is 4.90 Å². The second kappa shape index (κ2) is 7.80. The molecule has 2 rings (SSSR count). The maximum absolute atomic E-state index is 12.4. The minimum Gasteiger partial charge on any atom is -0.496 e. The van der Waals surface area contributed by atoms with Crippen molar-refractivity contribution in [2.24, 2.45) is 0 Å². The van der Waals surface area contributed by atoms with E-state index in [1.165, 1.54) is 6.42 Å². The number of halogens is 1. The monoisotopic (exact) mass is 355 g/mol. The molecule has 0 N–H and O–H groups in total. The third kappa shape index (κ3) is 4.45. The predicted octanol–water partition coefficient (Wildman–Crippen LogP) is 3.49. The van der Waals surface area contributed by atoms with E-state index in [9.17, 15) is 4.79 Å². The Kier molecular flexibility index (Phi) is 6.06. The molecule has 5 heteroatoms. The van der Waals surface area contributed by atoms with Crippen LogP contribution in [0.4, 0.5) is 0 Å². The van der Waals surface area contributed by atoms with E-state index in [4.69, 9.17) is 9.47 Å². The molecule has 0 saturated carbocycles.